The Kier molecular flexibility index (Phi) is 5.45. The summed E-state index contributed by atoms with van der Waals surface area (Å²) in [6, 6.07) is 8.69. The van der Waals surface area contributed by atoms with Crippen LogP contribution in [-0.4, -0.2) is 33.3 Å². The minimum Gasteiger partial charge on any atom is -0.478 e. The molecule has 4 heterocycles. The monoisotopic (exact) mass is 595 g/mol. The Labute approximate surface area is 243 Å². The quantitative estimate of drug-likeness (QED) is 0.249. The lowest BCUT2D eigenvalue weighted by Crippen LogP contribution is -2.49. The Morgan fingerprint density at radius 2 is 1.80 bits per heavy atom. The standard InChI is InChI=1S/C30H24Cl2FN3O3S/c31-19-2-1-3-20(32)24(19)26-23(27(39-35-26)14-4-5-14)16-10-30(11-16)12-17-6-7-18(13-30)36(17)29-34-25-21(33)8-15(28(37)38)9-22(25)40-29/h1-3,8-10,14,17-18H,4-7,11-13H2,(H,37,38). The van der Waals surface area contributed by atoms with Crippen molar-refractivity contribution in [3.05, 3.63) is 69.2 Å². The number of aromatic carboxylic acids is 1. The summed E-state index contributed by atoms with van der Waals surface area (Å²) in [4.78, 5) is 18.4. The summed E-state index contributed by atoms with van der Waals surface area (Å²) in [5.74, 6) is -0.376. The van der Waals surface area contributed by atoms with E-state index in [9.17, 15) is 14.3 Å². The van der Waals surface area contributed by atoms with E-state index in [2.05, 4.69) is 21.1 Å². The summed E-state index contributed by atoms with van der Waals surface area (Å²) >= 11 is 14.6. The van der Waals surface area contributed by atoms with Crippen LogP contribution in [0, 0.1) is 11.2 Å². The van der Waals surface area contributed by atoms with Gasteiger partial charge < -0.3 is 14.5 Å². The summed E-state index contributed by atoms with van der Waals surface area (Å²) in [7, 11) is 0. The lowest BCUT2D eigenvalue weighted by molar-refractivity contribution is 0.0696. The van der Waals surface area contributed by atoms with E-state index in [0.29, 0.717) is 32.7 Å². The molecule has 2 bridgehead atoms. The van der Waals surface area contributed by atoms with Gasteiger partial charge in [-0.05, 0) is 80.2 Å². The Balaban J connectivity index is 1.11. The molecule has 6 nitrogen and oxygen atoms in total. The van der Waals surface area contributed by atoms with Crippen LogP contribution in [0.25, 0.3) is 27.0 Å². The van der Waals surface area contributed by atoms with Gasteiger partial charge in [-0.2, -0.15) is 0 Å². The Bertz CT molecular complexity index is 1730. The van der Waals surface area contributed by atoms with Crippen molar-refractivity contribution in [3.8, 4) is 11.3 Å². The summed E-state index contributed by atoms with van der Waals surface area (Å²) in [5, 5.41) is 15.7. The van der Waals surface area contributed by atoms with Crippen LogP contribution in [0.2, 0.25) is 10.0 Å². The number of rotatable bonds is 5. The molecule has 40 heavy (non-hydrogen) atoms. The highest BCUT2D eigenvalue weighted by Crippen LogP contribution is 2.60. The number of hydrogen-bond donors (Lipinski definition) is 1. The number of benzene rings is 2. The van der Waals surface area contributed by atoms with Crippen LogP contribution in [0.1, 0.15) is 72.5 Å². The minimum atomic E-state index is -1.14. The van der Waals surface area contributed by atoms with E-state index in [0.717, 1.165) is 78.7 Å². The molecule has 2 unspecified atom stereocenters. The van der Waals surface area contributed by atoms with E-state index in [4.69, 9.17) is 27.7 Å². The van der Waals surface area contributed by atoms with E-state index >= 15 is 0 Å². The maximum absolute atomic E-state index is 14.7. The van der Waals surface area contributed by atoms with Crippen LogP contribution >= 0.6 is 34.5 Å². The molecule has 1 spiro atoms. The zero-order valence-corrected chi connectivity index (χ0v) is 23.6. The number of anilines is 1. The van der Waals surface area contributed by atoms with E-state index in [1.54, 1.807) is 0 Å². The highest BCUT2D eigenvalue weighted by Gasteiger charge is 2.52. The second kappa shape index (κ2) is 8.78. The van der Waals surface area contributed by atoms with Gasteiger partial charge in [0.2, 0.25) is 0 Å². The van der Waals surface area contributed by atoms with Crippen LogP contribution in [0.5, 0.6) is 0 Å². The van der Waals surface area contributed by atoms with Gasteiger partial charge in [0.25, 0.3) is 0 Å². The molecular formula is C30H24Cl2FN3O3S. The van der Waals surface area contributed by atoms with Crippen LogP contribution in [0.15, 0.2) is 40.9 Å². The smallest absolute Gasteiger partial charge is 0.335 e. The molecule has 1 N–H and O–H groups in total. The van der Waals surface area contributed by atoms with E-state index < -0.39 is 11.8 Å². The summed E-state index contributed by atoms with van der Waals surface area (Å²) < 4.78 is 21.2. The number of nitrogens with zero attached hydrogens (tertiary/aromatic N) is 3. The highest BCUT2D eigenvalue weighted by atomic mass is 35.5. The molecule has 4 aromatic rings. The van der Waals surface area contributed by atoms with Gasteiger partial charge in [-0.1, -0.05) is 51.8 Å². The molecule has 10 heteroatoms. The van der Waals surface area contributed by atoms with Gasteiger partial charge in [0, 0.05) is 29.1 Å². The van der Waals surface area contributed by atoms with Crippen molar-refractivity contribution >= 4 is 61.4 Å². The molecule has 3 fully saturated rings. The molecule has 1 saturated carbocycles. The fraction of sp³-hybridized carbons (Fsp3) is 0.367. The molecule has 2 aromatic carbocycles. The van der Waals surface area contributed by atoms with Crippen molar-refractivity contribution in [1.82, 2.24) is 10.1 Å². The summed E-state index contributed by atoms with van der Waals surface area (Å²) in [6.45, 7) is 0. The molecule has 204 valence electrons. The molecule has 2 atom stereocenters. The molecule has 2 saturated heterocycles. The number of halogens is 3. The summed E-state index contributed by atoms with van der Waals surface area (Å²) in [5.41, 5.74) is 4.07. The molecule has 0 radical (unpaired) electrons. The van der Waals surface area contributed by atoms with Crippen LogP contribution in [0.3, 0.4) is 0 Å². The average Bonchev–Trinajstić information content (AvgIpc) is 3.40. The second-order valence-corrected chi connectivity index (χ2v) is 13.5. The van der Waals surface area contributed by atoms with Crippen molar-refractivity contribution in [2.45, 2.75) is 62.9 Å². The Morgan fingerprint density at radius 1 is 1.10 bits per heavy atom. The number of aromatic nitrogens is 2. The van der Waals surface area contributed by atoms with E-state index in [1.165, 1.54) is 23.0 Å². The number of hydrogen-bond acceptors (Lipinski definition) is 6. The van der Waals surface area contributed by atoms with Crippen LogP contribution < -0.4 is 4.90 Å². The van der Waals surface area contributed by atoms with Crippen LogP contribution in [0.4, 0.5) is 9.52 Å². The van der Waals surface area contributed by atoms with Gasteiger partial charge >= 0.3 is 5.97 Å². The first kappa shape index (κ1) is 24.8. The third-order valence-electron chi connectivity index (χ3n) is 9.02. The predicted octanol–water partition coefficient (Wildman–Crippen LogP) is 8.58. The van der Waals surface area contributed by atoms with Crippen molar-refractivity contribution in [1.29, 1.82) is 0 Å². The fourth-order valence-electron chi connectivity index (χ4n) is 7.18. The number of allylic oxidation sites excluding steroid dienone is 2. The zero-order valence-electron chi connectivity index (χ0n) is 21.3. The van der Waals surface area contributed by atoms with Crippen molar-refractivity contribution in [2.24, 2.45) is 5.41 Å². The number of thiazole rings is 1. The Hall–Kier alpha value is -2.94. The highest BCUT2D eigenvalue weighted by molar-refractivity contribution is 7.22. The van der Waals surface area contributed by atoms with Gasteiger partial charge in [-0.25, -0.2) is 14.2 Å². The number of carbonyl (C=O) groups is 1. The van der Waals surface area contributed by atoms with Gasteiger partial charge in [-0.3, -0.25) is 0 Å². The first-order valence-electron chi connectivity index (χ1n) is 13.6. The van der Waals surface area contributed by atoms with E-state index in [-0.39, 0.29) is 16.5 Å². The third kappa shape index (κ3) is 3.76. The van der Waals surface area contributed by atoms with Crippen LogP contribution in [-0.2, 0) is 0 Å². The molecular weight excluding hydrogens is 572 g/mol. The number of piperidine rings is 1. The first-order valence-corrected chi connectivity index (χ1v) is 15.2. The van der Waals surface area contributed by atoms with Gasteiger partial charge in [0.05, 0.1) is 20.3 Å². The van der Waals surface area contributed by atoms with Crippen molar-refractivity contribution in [2.75, 3.05) is 4.90 Å². The Morgan fingerprint density at radius 3 is 2.45 bits per heavy atom. The normalized spacial score (nSPS) is 25.5. The maximum atomic E-state index is 14.7. The molecule has 8 rings (SSSR count). The van der Waals surface area contributed by atoms with Gasteiger partial charge in [0.1, 0.15) is 17.0 Å². The SMILES string of the molecule is O=C(O)c1cc(F)c2nc(N3C4CCC3CC3(C=C(c5c(-c6c(Cl)cccc6Cl)noc5C5CC5)C3)C4)sc2c1. The van der Waals surface area contributed by atoms with E-state index in [1.807, 2.05) is 18.2 Å². The van der Waals surface area contributed by atoms with Gasteiger partial charge in [0.15, 0.2) is 10.9 Å². The first-order chi connectivity index (χ1) is 19.3. The lowest BCUT2D eigenvalue weighted by atomic mass is 9.61. The number of fused-ring (bicyclic) bond motifs is 3. The second-order valence-electron chi connectivity index (χ2n) is 11.7. The number of carboxylic acids is 1. The third-order valence-corrected chi connectivity index (χ3v) is 10.7. The predicted molar refractivity (Wildman–Crippen MR) is 154 cm³/mol. The number of carboxylic acid groups (broad SMARTS) is 1. The van der Waals surface area contributed by atoms with Crippen molar-refractivity contribution < 1.29 is 18.8 Å². The lowest BCUT2D eigenvalue weighted by Gasteiger charge is -2.50. The van der Waals surface area contributed by atoms with Gasteiger partial charge in [-0.15, -0.1) is 0 Å². The maximum Gasteiger partial charge on any atom is 0.335 e. The zero-order chi connectivity index (χ0) is 27.3. The van der Waals surface area contributed by atoms with Crippen molar-refractivity contribution in [3.63, 3.8) is 0 Å². The molecule has 4 aliphatic rings. The fourth-order valence-corrected chi connectivity index (χ4v) is 8.92. The minimum absolute atomic E-state index is 0.0512. The topological polar surface area (TPSA) is 79.5 Å². The average molecular weight is 597 g/mol. The molecule has 0 amide bonds. The molecule has 2 aliphatic carbocycles. The largest absolute Gasteiger partial charge is 0.478 e. The summed E-state index contributed by atoms with van der Waals surface area (Å²) in [6.07, 6.45) is 9.71. The molecule has 2 aromatic heterocycles. The molecule has 2 aliphatic heterocycles.